The van der Waals surface area contributed by atoms with Crippen LogP contribution in [0.3, 0.4) is 0 Å². The maximum atomic E-state index is 5.33. The second kappa shape index (κ2) is 5.27. The molecule has 0 radical (unpaired) electrons. The number of para-hydroxylation sites is 1. The summed E-state index contributed by atoms with van der Waals surface area (Å²) < 4.78 is 0. The molecule has 2 rings (SSSR count). The first-order valence-corrected chi connectivity index (χ1v) is 6.05. The molecule has 0 saturated carbocycles. The molecular formula is C12H17N3S. The van der Waals surface area contributed by atoms with Gasteiger partial charge in [0.05, 0.1) is 13.3 Å². The van der Waals surface area contributed by atoms with E-state index in [9.17, 15) is 0 Å². The molecule has 0 aliphatic carbocycles. The van der Waals surface area contributed by atoms with Gasteiger partial charge in [0, 0.05) is 12.2 Å². The van der Waals surface area contributed by atoms with Gasteiger partial charge >= 0.3 is 0 Å². The van der Waals surface area contributed by atoms with Gasteiger partial charge in [-0.15, -0.1) is 0 Å². The lowest BCUT2D eigenvalue weighted by Crippen LogP contribution is -2.56. The van der Waals surface area contributed by atoms with Crippen molar-refractivity contribution in [1.29, 1.82) is 0 Å². The van der Waals surface area contributed by atoms with Crippen LogP contribution in [0.4, 0.5) is 5.69 Å². The summed E-state index contributed by atoms with van der Waals surface area (Å²) in [4.78, 5) is 4.48. The minimum atomic E-state index is 0.818. The van der Waals surface area contributed by atoms with Crippen LogP contribution in [-0.2, 0) is 0 Å². The highest BCUT2D eigenvalue weighted by Crippen LogP contribution is 2.16. The molecule has 0 amide bonds. The van der Waals surface area contributed by atoms with E-state index in [4.69, 9.17) is 12.2 Å². The van der Waals surface area contributed by atoms with Gasteiger partial charge in [-0.25, -0.2) is 0 Å². The molecule has 1 aromatic rings. The van der Waals surface area contributed by atoms with Crippen molar-refractivity contribution in [3.8, 4) is 0 Å². The van der Waals surface area contributed by atoms with Gasteiger partial charge in [-0.3, -0.25) is 4.90 Å². The second-order valence-electron chi connectivity index (χ2n) is 3.94. The predicted octanol–water partition coefficient (Wildman–Crippen LogP) is 2.01. The molecule has 1 aliphatic heterocycles. The van der Waals surface area contributed by atoms with Crippen molar-refractivity contribution in [1.82, 2.24) is 10.2 Å². The Morgan fingerprint density at radius 2 is 2.06 bits per heavy atom. The van der Waals surface area contributed by atoms with E-state index in [-0.39, 0.29) is 0 Å². The molecule has 0 unspecified atom stereocenters. The quantitative estimate of drug-likeness (QED) is 0.807. The van der Waals surface area contributed by atoms with Gasteiger partial charge in [0.2, 0.25) is 0 Å². The second-order valence-corrected chi connectivity index (χ2v) is 4.33. The van der Waals surface area contributed by atoms with E-state index in [1.807, 2.05) is 18.2 Å². The molecule has 0 spiro atoms. The summed E-state index contributed by atoms with van der Waals surface area (Å²) in [5.41, 5.74) is 1.15. The molecule has 0 atom stereocenters. The number of nitrogens with zero attached hydrogens (tertiary/aromatic N) is 2. The third-order valence-electron chi connectivity index (χ3n) is 2.65. The minimum absolute atomic E-state index is 0.818. The molecule has 0 aromatic heterocycles. The first-order chi connectivity index (χ1) is 7.81. The Kier molecular flexibility index (Phi) is 3.74. The third-order valence-corrected chi connectivity index (χ3v) is 3.01. The van der Waals surface area contributed by atoms with Crippen molar-refractivity contribution in [2.24, 2.45) is 0 Å². The van der Waals surface area contributed by atoms with Crippen molar-refractivity contribution < 1.29 is 0 Å². The largest absolute Gasteiger partial charge is 0.349 e. The van der Waals surface area contributed by atoms with Crippen molar-refractivity contribution in [3.05, 3.63) is 30.3 Å². The molecule has 1 heterocycles. The third kappa shape index (κ3) is 2.51. The summed E-state index contributed by atoms with van der Waals surface area (Å²) in [5, 5.41) is 4.07. The molecule has 0 bridgehead atoms. The molecule has 4 heteroatoms. The number of rotatable bonds is 3. The van der Waals surface area contributed by atoms with E-state index in [0.29, 0.717) is 0 Å². The average Bonchev–Trinajstić information content (AvgIpc) is 2.33. The number of anilines is 1. The van der Waals surface area contributed by atoms with E-state index in [1.54, 1.807) is 0 Å². The van der Waals surface area contributed by atoms with Gasteiger partial charge in [-0.1, -0.05) is 25.1 Å². The van der Waals surface area contributed by atoms with Gasteiger partial charge < -0.3 is 10.2 Å². The molecule has 1 aromatic carbocycles. The molecule has 1 aliphatic rings. The van der Waals surface area contributed by atoms with Crippen LogP contribution in [0.1, 0.15) is 13.3 Å². The van der Waals surface area contributed by atoms with Gasteiger partial charge in [0.1, 0.15) is 0 Å². The summed E-state index contributed by atoms with van der Waals surface area (Å²) in [5.74, 6) is 0. The Bertz CT molecular complexity index is 353. The monoisotopic (exact) mass is 235 g/mol. The van der Waals surface area contributed by atoms with Gasteiger partial charge in [0.25, 0.3) is 0 Å². The van der Waals surface area contributed by atoms with Crippen LogP contribution in [-0.4, -0.2) is 29.9 Å². The van der Waals surface area contributed by atoms with Crippen molar-refractivity contribution in [2.45, 2.75) is 13.3 Å². The van der Waals surface area contributed by atoms with E-state index in [1.165, 1.54) is 0 Å². The Morgan fingerprint density at radius 1 is 1.31 bits per heavy atom. The maximum Gasteiger partial charge on any atom is 0.175 e. The van der Waals surface area contributed by atoms with Crippen LogP contribution >= 0.6 is 12.2 Å². The fourth-order valence-electron chi connectivity index (χ4n) is 1.86. The molecule has 3 nitrogen and oxygen atoms in total. The van der Waals surface area contributed by atoms with E-state index in [0.717, 1.165) is 37.1 Å². The minimum Gasteiger partial charge on any atom is -0.349 e. The topological polar surface area (TPSA) is 18.5 Å². The predicted molar refractivity (Wildman–Crippen MR) is 71.4 cm³/mol. The van der Waals surface area contributed by atoms with Crippen LogP contribution < -0.4 is 10.2 Å². The summed E-state index contributed by atoms with van der Waals surface area (Å²) in [6.45, 7) is 5.03. The molecule has 86 valence electrons. The molecule has 1 saturated heterocycles. The van der Waals surface area contributed by atoms with Gasteiger partial charge in [0.15, 0.2) is 5.11 Å². The van der Waals surface area contributed by atoms with E-state index in [2.05, 4.69) is 34.2 Å². The van der Waals surface area contributed by atoms with Crippen LogP contribution in [0.5, 0.6) is 0 Å². The van der Waals surface area contributed by atoms with E-state index >= 15 is 0 Å². The van der Waals surface area contributed by atoms with Gasteiger partial charge in [-0.05, 0) is 30.8 Å². The lowest BCUT2D eigenvalue weighted by molar-refractivity contribution is 0.261. The van der Waals surface area contributed by atoms with Crippen molar-refractivity contribution >= 4 is 23.0 Å². The normalized spacial score (nSPS) is 17.3. The first kappa shape index (κ1) is 11.4. The SMILES string of the molecule is CCCN1CNC(=S)N(c2ccccc2)C1. The zero-order valence-corrected chi connectivity index (χ0v) is 10.3. The lowest BCUT2D eigenvalue weighted by Gasteiger charge is -2.37. The summed E-state index contributed by atoms with van der Waals surface area (Å²) in [6.07, 6.45) is 1.16. The van der Waals surface area contributed by atoms with Crippen LogP contribution in [0.2, 0.25) is 0 Å². The standard InChI is InChI=1S/C12H17N3S/c1-2-8-14-9-13-12(16)15(10-14)11-6-4-3-5-7-11/h3-7H,2,8-10H2,1H3,(H,13,16). The zero-order chi connectivity index (χ0) is 11.4. The Balaban J connectivity index is 2.10. The number of thiocarbonyl (C=S) groups is 1. The Hall–Kier alpha value is -1.13. The number of benzene rings is 1. The fraction of sp³-hybridized carbons (Fsp3) is 0.417. The number of nitrogens with one attached hydrogen (secondary N) is 1. The molecule has 1 N–H and O–H groups in total. The Morgan fingerprint density at radius 3 is 2.75 bits per heavy atom. The summed E-state index contributed by atoms with van der Waals surface area (Å²) in [6, 6.07) is 10.3. The van der Waals surface area contributed by atoms with E-state index < -0.39 is 0 Å². The van der Waals surface area contributed by atoms with Crippen molar-refractivity contribution in [2.75, 3.05) is 24.8 Å². The highest BCUT2D eigenvalue weighted by atomic mass is 32.1. The van der Waals surface area contributed by atoms with Crippen molar-refractivity contribution in [3.63, 3.8) is 0 Å². The smallest absolute Gasteiger partial charge is 0.175 e. The number of hydrogen-bond acceptors (Lipinski definition) is 2. The molecular weight excluding hydrogens is 218 g/mol. The van der Waals surface area contributed by atoms with Gasteiger partial charge in [-0.2, -0.15) is 0 Å². The lowest BCUT2D eigenvalue weighted by atomic mass is 10.3. The zero-order valence-electron chi connectivity index (χ0n) is 9.52. The van der Waals surface area contributed by atoms with Crippen LogP contribution in [0.25, 0.3) is 0 Å². The highest BCUT2D eigenvalue weighted by Gasteiger charge is 2.20. The number of hydrogen-bond donors (Lipinski definition) is 1. The molecule has 16 heavy (non-hydrogen) atoms. The molecule has 1 fully saturated rings. The van der Waals surface area contributed by atoms with Crippen LogP contribution in [0, 0.1) is 0 Å². The average molecular weight is 235 g/mol. The summed E-state index contributed by atoms with van der Waals surface area (Å²) >= 11 is 5.33. The highest BCUT2D eigenvalue weighted by molar-refractivity contribution is 7.80. The fourth-order valence-corrected chi connectivity index (χ4v) is 2.09. The maximum absolute atomic E-state index is 5.33. The van der Waals surface area contributed by atoms with Crippen LogP contribution in [0.15, 0.2) is 30.3 Å². The summed E-state index contributed by atoms with van der Waals surface area (Å²) in [7, 11) is 0. The first-order valence-electron chi connectivity index (χ1n) is 5.64. The Labute approximate surface area is 102 Å².